The van der Waals surface area contributed by atoms with Gasteiger partial charge in [-0.25, -0.2) is 0 Å². The Bertz CT molecular complexity index is 997. The molecule has 0 saturated carbocycles. The Morgan fingerprint density at radius 1 is 0.381 bits per heavy atom. The summed E-state index contributed by atoms with van der Waals surface area (Å²) in [6.07, 6.45) is 49.0. The van der Waals surface area contributed by atoms with Gasteiger partial charge in [0.15, 0.2) is 6.10 Å². The second-order valence-corrected chi connectivity index (χ2v) is 18.5. The van der Waals surface area contributed by atoms with Gasteiger partial charge in [-0.05, 0) is 70.6 Å². The zero-order chi connectivity index (χ0) is 46.1. The second kappa shape index (κ2) is 49.2. The first-order valence-electron chi connectivity index (χ1n) is 27.0. The molecule has 0 bridgehead atoms. The summed E-state index contributed by atoms with van der Waals surface area (Å²) in [5.74, 6) is -0.973. The number of hydrogen-bond donors (Lipinski definition) is 2. The average Bonchev–Trinajstić information content (AvgIpc) is 3.27. The second-order valence-electron chi connectivity index (χ2n) is 18.5. The van der Waals surface area contributed by atoms with Crippen molar-refractivity contribution < 1.29 is 38.8 Å². The molecule has 370 valence electrons. The first kappa shape index (κ1) is 60.8. The highest BCUT2D eigenvalue weighted by Crippen LogP contribution is 2.16. The van der Waals surface area contributed by atoms with E-state index in [1.165, 1.54) is 103 Å². The molecule has 0 aromatic rings. The van der Waals surface area contributed by atoms with Gasteiger partial charge in [-0.3, -0.25) is 14.4 Å². The minimum absolute atomic E-state index is 0.109. The maximum atomic E-state index is 12.8. The third-order valence-corrected chi connectivity index (χ3v) is 12.1. The highest BCUT2D eigenvalue weighted by molar-refractivity contribution is 5.71. The van der Waals surface area contributed by atoms with E-state index in [1.807, 2.05) is 0 Å². The van der Waals surface area contributed by atoms with Crippen LogP contribution >= 0.6 is 0 Å². The molecule has 2 N–H and O–H groups in total. The topological polar surface area (TPSA) is 119 Å². The molecule has 0 spiro atoms. The van der Waals surface area contributed by atoms with E-state index in [2.05, 4.69) is 45.1 Å². The molecule has 8 heteroatoms. The van der Waals surface area contributed by atoms with Crippen molar-refractivity contribution in [1.29, 1.82) is 0 Å². The van der Waals surface area contributed by atoms with Crippen molar-refractivity contribution in [2.45, 2.75) is 296 Å². The Hall–Kier alpha value is -2.19. The summed E-state index contributed by atoms with van der Waals surface area (Å²) in [6, 6.07) is 0. The van der Waals surface area contributed by atoms with E-state index in [-0.39, 0.29) is 43.3 Å². The molecule has 0 radical (unpaired) electrons. The number of allylic oxidation sites excluding steroid dienone is 2. The normalized spacial score (nSPS) is 13.2. The van der Waals surface area contributed by atoms with Crippen molar-refractivity contribution in [3.63, 3.8) is 0 Å². The van der Waals surface area contributed by atoms with Crippen LogP contribution in [-0.4, -0.2) is 59.6 Å². The van der Waals surface area contributed by atoms with Gasteiger partial charge in [-0.1, -0.05) is 212 Å². The monoisotopic (exact) mass is 891 g/mol. The molecular weight excluding hydrogens is 789 g/mol. The number of unbranched alkanes of at least 4 members (excludes halogenated alkanes) is 28. The molecule has 0 aromatic carbocycles. The van der Waals surface area contributed by atoms with Crippen molar-refractivity contribution in [3.8, 4) is 0 Å². The van der Waals surface area contributed by atoms with Gasteiger partial charge in [0.2, 0.25) is 0 Å². The third kappa shape index (κ3) is 47.6. The number of hydrogen-bond acceptors (Lipinski definition) is 8. The summed E-state index contributed by atoms with van der Waals surface area (Å²) in [7, 11) is 0. The van der Waals surface area contributed by atoms with E-state index < -0.39 is 6.10 Å². The van der Waals surface area contributed by atoms with E-state index >= 15 is 0 Å². The minimum atomic E-state index is -0.808. The SMILES string of the molecule is CCCCCCCCCCCCCCCC(=O)OC(COC(=O)CCCCCCCC=CC[C@H](O)CCCCCC)COC(=O)CCCCCCCC=CC[C@H](O)CCCCCC. The number of esters is 3. The molecule has 0 aliphatic carbocycles. The van der Waals surface area contributed by atoms with Crippen molar-refractivity contribution >= 4 is 17.9 Å². The maximum Gasteiger partial charge on any atom is 0.306 e. The van der Waals surface area contributed by atoms with E-state index in [1.54, 1.807) is 0 Å². The fourth-order valence-electron chi connectivity index (χ4n) is 7.88. The molecule has 2 atom stereocenters. The van der Waals surface area contributed by atoms with Gasteiger partial charge in [0.05, 0.1) is 12.2 Å². The molecule has 0 aromatic heterocycles. The van der Waals surface area contributed by atoms with E-state index in [0.717, 1.165) is 135 Å². The lowest BCUT2D eigenvalue weighted by atomic mass is 10.0. The van der Waals surface area contributed by atoms with Crippen LogP contribution in [0.15, 0.2) is 24.3 Å². The molecule has 63 heavy (non-hydrogen) atoms. The Labute approximate surface area is 388 Å². The first-order valence-corrected chi connectivity index (χ1v) is 27.0. The zero-order valence-electron chi connectivity index (χ0n) is 41.6. The van der Waals surface area contributed by atoms with Crippen LogP contribution in [0.2, 0.25) is 0 Å². The Morgan fingerprint density at radius 2 is 0.683 bits per heavy atom. The number of rotatable bonds is 49. The Morgan fingerprint density at radius 3 is 1.05 bits per heavy atom. The number of carbonyl (C=O) groups excluding carboxylic acids is 3. The molecular formula is C55H102O8. The van der Waals surface area contributed by atoms with Crippen LogP contribution in [0.3, 0.4) is 0 Å². The average molecular weight is 891 g/mol. The number of ether oxygens (including phenoxy) is 3. The minimum Gasteiger partial charge on any atom is -0.462 e. The van der Waals surface area contributed by atoms with Crippen LogP contribution in [0, 0.1) is 0 Å². The van der Waals surface area contributed by atoms with Gasteiger partial charge in [-0.2, -0.15) is 0 Å². The number of aliphatic hydroxyl groups excluding tert-OH is 2. The van der Waals surface area contributed by atoms with Crippen LogP contribution in [-0.2, 0) is 28.6 Å². The van der Waals surface area contributed by atoms with Crippen LogP contribution in [0.1, 0.15) is 278 Å². The molecule has 0 saturated heterocycles. The standard InChI is InChI=1S/C55H102O8/c1-4-7-10-13-14-15-16-17-18-19-28-33-40-47-55(60)63-52(48-61-53(58)45-38-31-26-22-20-24-29-36-43-50(56)41-34-11-8-5-2)49-62-54(59)46-39-32-27-23-21-25-30-37-44-51(57)42-35-12-9-6-3/h29-30,36-37,50-52,56-57H,4-28,31-35,38-49H2,1-3H3/t50-,51-,52?/m1/s1. The molecule has 0 rings (SSSR count). The fraction of sp³-hybridized carbons (Fsp3) is 0.873. The molecule has 8 nitrogen and oxygen atoms in total. The molecule has 0 aliphatic rings. The quantitative estimate of drug-likeness (QED) is 0.0268. The van der Waals surface area contributed by atoms with Crippen molar-refractivity contribution in [2.75, 3.05) is 13.2 Å². The van der Waals surface area contributed by atoms with Gasteiger partial charge in [0.25, 0.3) is 0 Å². The molecule has 0 heterocycles. The predicted octanol–water partition coefficient (Wildman–Crippen LogP) is 15.5. The van der Waals surface area contributed by atoms with Gasteiger partial charge >= 0.3 is 17.9 Å². The van der Waals surface area contributed by atoms with Crippen LogP contribution in [0.4, 0.5) is 0 Å². The van der Waals surface area contributed by atoms with E-state index in [4.69, 9.17) is 14.2 Å². The number of carbonyl (C=O) groups is 3. The first-order chi connectivity index (χ1) is 30.8. The largest absolute Gasteiger partial charge is 0.462 e. The van der Waals surface area contributed by atoms with Gasteiger partial charge in [0, 0.05) is 19.3 Å². The molecule has 0 unspecified atom stereocenters. The summed E-state index contributed by atoms with van der Waals surface area (Å²) in [6.45, 7) is 6.44. The summed E-state index contributed by atoms with van der Waals surface area (Å²) in [5.41, 5.74) is 0. The molecule has 0 fully saturated rings. The van der Waals surface area contributed by atoms with E-state index in [0.29, 0.717) is 19.3 Å². The zero-order valence-corrected chi connectivity index (χ0v) is 41.6. The van der Waals surface area contributed by atoms with Crippen LogP contribution in [0.25, 0.3) is 0 Å². The van der Waals surface area contributed by atoms with E-state index in [9.17, 15) is 24.6 Å². The Balaban J connectivity index is 4.43. The lowest BCUT2D eigenvalue weighted by molar-refractivity contribution is -0.167. The Kier molecular flexibility index (Phi) is 47.5. The highest BCUT2D eigenvalue weighted by atomic mass is 16.6. The van der Waals surface area contributed by atoms with Gasteiger partial charge in [0.1, 0.15) is 13.2 Å². The lowest BCUT2D eigenvalue weighted by Gasteiger charge is -2.18. The predicted molar refractivity (Wildman–Crippen MR) is 264 cm³/mol. The fourth-order valence-corrected chi connectivity index (χ4v) is 7.88. The summed E-state index contributed by atoms with van der Waals surface area (Å²) in [4.78, 5) is 38.0. The summed E-state index contributed by atoms with van der Waals surface area (Å²) < 4.78 is 16.8. The van der Waals surface area contributed by atoms with Crippen LogP contribution in [0.5, 0.6) is 0 Å². The van der Waals surface area contributed by atoms with Crippen molar-refractivity contribution in [3.05, 3.63) is 24.3 Å². The smallest absolute Gasteiger partial charge is 0.306 e. The van der Waals surface area contributed by atoms with Gasteiger partial charge < -0.3 is 24.4 Å². The van der Waals surface area contributed by atoms with Crippen molar-refractivity contribution in [1.82, 2.24) is 0 Å². The summed E-state index contributed by atoms with van der Waals surface area (Å²) in [5, 5.41) is 20.2. The molecule has 0 amide bonds. The van der Waals surface area contributed by atoms with Gasteiger partial charge in [-0.15, -0.1) is 0 Å². The molecule has 0 aliphatic heterocycles. The maximum absolute atomic E-state index is 12.8. The van der Waals surface area contributed by atoms with Crippen molar-refractivity contribution in [2.24, 2.45) is 0 Å². The third-order valence-electron chi connectivity index (χ3n) is 12.1. The van der Waals surface area contributed by atoms with Crippen LogP contribution < -0.4 is 0 Å². The summed E-state index contributed by atoms with van der Waals surface area (Å²) >= 11 is 0. The number of aliphatic hydroxyl groups is 2. The lowest BCUT2D eigenvalue weighted by Crippen LogP contribution is -2.30. The highest BCUT2D eigenvalue weighted by Gasteiger charge is 2.19.